The van der Waals surface area contributed by atoms with Crippen molar-refractivity contribution in [3.8, 4) is 5.75 Å². The van der Waals surface area contributed by atoms with Crippen LogP contribution in [0.4, 0.5) is 13.2 Å². The minimum absolute atomic E-state index is 0.0339. The molecule has 1 heterocycles. The van der Waals surface area contributed by atoms with Gasteiger partial charge in [-0.3, -0.25) is 9.89 Å². The zero-order valence-corrected chi connectivity index (χ0v) is 15.2. The number of hydrogen-bond donors (Lipinski definition) is 2. The number of halogens is 4. The van der Waals surface area contributed by atoms with Crippen molar-refractivity contribution in [3.63, 3.8) is 0 Å². The normalized spacial score (nSPS) is 11.6. The van der Waals surface area contributed by atoms with E-state index in [9.17, 15) is 18.0 Å². The van der Waals surface area contributed by atoms with Gasteiger partial charge in [0.2, 0.25) is 0 Å². The monoisotopic (exact) mass is 419 g/mol. The fourth-order valence-corrected chi connectivity index (χ4v) is 2.87. The topological polar surface area (TPSA) is 67.0 Å². The third-order valence-corrected chi connectivity index (χ3v) is 4.15. The second kappa shape index (κ2) is 7.90. The van der Waals surface area contributed by atoms with Gasteiger partial charge in [-0.05, 0) is 40.0 Å². The minimum Gasteiger partial charge on any atom is -0.492 e. The molecular formula is C16H17BrF3N3O2. The Balaban J connectivity index is 1.86. The first-order chi connectivity index (χ1) is 11.7. The number of nitrogens with zero attached hydrogens (tertiary/aromatic N) is 1. The molecule has 136 valence electrons. The Hall–Kier alpha value is -2.03. The van der Waals surface area contributed by atoms with Gasteiger partial charge in [-0.2, -0.15) is 18.3 Å². The molecule has 0 unspecified atom stereocenters. The number of carbonyl (C=O) groups excluding carboxylic acids is 1. The maximum absolute atomic E-state index is 12.6. The Morgan fingerprint density at radius 3 is 2.72 bits per heavy atom. The number of aromatic amines is 1. The molecule has 0 saturated heterocycles. The molecule has 0 atom stereocenters. The van der Waals surface area contributed by atoms with Gasteiger partial charge in [-0.1, -0.05) is 19.9 Å². The van der Waals surface area contributed by atoms with Gasteiger partial charge in [0.15, 0.2) is 5.69 Å². The van der Waals surface area contributed by atoms with Gasteiger partial charge in [0.25, 0.3) is 5.91 Å². The maximum Gasteiger partial charge on any atom is 0.416 e. The Kier molecular flexibility index (Phi) is 6.10. The van der Waals surface area contributed by atoms with Crippen LogP contribution in [0.15, 0.2) is 28.7 Å². The molecule has 2 aromatic rings. The second-order valence-electron chi connectivity index (χ2n) is 5.58. The van der Waals surface area contributed by atoms with E-state index >= 15 is 0 Å². The zero-order chi connectivity index (χ0) is 18.6. The van der Waals surface area contributed by atoms with Crippen molar-refractivity contribution in [1.82, 2.24) is 15.5 Å². The van der Waals surface area contributed by atoms with Crippen molar-refractivity contribution in [1.29, 1.82) is 0 Å². The number of carbonyl (C=O) groups is 1. The van der Waals surface area contributed by atoms with E-state index in [0.29, 0.717) is 4.47 Å². The number of alkyl halides is 3. The molecule has 0 spiro atoms. The number of amides is 1. The lowest BCUT2D eigenvalue weighted by molar-refractivity contribution is -0.137. The maximum atomic E-state index is 12.6. The van der Waals surface area contributed by atoms with Gasteiger partial charge >= 0.3 is 6.18 Å². The van der Waals surface area contributed by atoms with E-state index in [1.807, 2.05) is 13.8 Å². The summed E-state index contributed by atoms with van der Waals surface area (Å²) in [6.07, 6.45) is -4.42. The summed E-state index contributed by atoms with van der Waals surface area (Å²) in [5.74, 6) is -0.137. The largest absolute Gasteiger partial charge is 0.492 e. The van der Waals surface area contributed by atoms with Crippen molar-refractivity contribution in [2.24, 2.45) is 0 Å². The van der Waals surface area contributed by atoms with Crippen LogP contribution in [-0.4, -0.2) is 29.3 Å². The number of H-pyrrole nitrogens is 1. The van der Waals surface area contributed by atoms with Crippen LogP contribution in [0.2, 0.25) is 0 Å². The second-order valence-corrected chi connectivity index (χ2v) is 6.38. The molecule has 1 amide bonds. The van der Waals surface area contributed by atoms with E-state index in [4.69, 9.17) is 4.74 Å². The zero-order valence-electron chi connectivity index (χ0n) is 13.6. The van der Waals surface area contributed by atoms with E-state index < -0.39 is 17.6 Å². The third-order valence-electron chi connectivity index (χ3n) is 3.34. The molecule has 2 N–H and O–H groups in total. The smallest absolute Gasteiger partial charge is 0.416 e. The molecule has 9 heteroatoms. The van der Waals surface area contributed by atoms with E-state index in [0.717, 1.165) is 17.8 Å². The van der Waals surface area contributed by atoms with Crippen LogP contribution in [0.3, 0.4) is 0 Å². The van der Waals surface area contributed by atoms with Crippen molar-refractivity contribution in [2.45, 2.75) is 25.9 Å². The highest BCUT2D eigenvalue weighted by atomic mass is 79.9. The summed E-state index contributed by atoms with van der Waals surface area (Å²) < 4.78 is 43.7. The van der Waals surface area contributed by atoms with Crippen molar-refractivity contribution >= 4 is 21.8 Å². The number of benzene rings is 1. The molecule has 0 fully saturated rings. The molecular weight excluding hydrogens is 403 g/mol. The first kappa shape index (κ1) is 19.3. The molecule has 0 saturated carbocycles. The molecule has 25 heavy (non-hydrogen) atoms. The minimum atomic E-state index is -4.42. The lowest BCUT2D eigenvalue weighted by Crippen LogP contribution is -2.28. The predicted octanol–water partition coefficient (Wildman–Crippen LogP) is 4.12. The highest BCUT2D eigenvalue weighted by Gasteiger charge is 2.30. The van der Waals surface area contributed by atoms with Crippen LogP contribution in [0.25, 0.3) is 0 Å². The van der Waals surface area contributed by atoms with E-state index in [1.54, 1.807) is 0 Å². The Morgan fingerprint density at radius 1 is 1.40 bits per heavy atom. The third kappa shape index (κ3) is 4.97. The van der Waals surface area contributed by atoms with Gasteiger partial charge in [0.1, 0.15) is 12.4 Å². The quantitative estimate of drug-likeness (QED) is 0.691. The SMILES string of the molecule is CC(C)c1[nH]nc(C(=O)NCCOc2cccc(C(F)(F)F)c2)c1Br. The molecule has 0 radical (unpaired) electrons. The van der Waals surface area contributed by atoms with Gasteiger partial charge < -0.3 is 10.1 Å². The van der Waals surface area contributed by atoms with Gasteiger partial charge in [0, 0.05) is 0 Å². The summed E-state index contributed by atoms with van der Waals surface area (Å²) in [6.45, 7) is 4.09. The molecule has 0 bridgehead atoms. The van der Waals surface area contributed by atoms with E-state index in [-0.39, 0.29) is 30.5 Å². The standard InChI is InChI=1S/C16H17BrF3N3O2/c1-9(2)13-12(17)14(23-22-13)15(24)21-6-7-25-11-5-3-4-10(8-11)16(18,19)20/h3-5,8-9H,6-7H2,1-2H3,(H,21,24)(H,22,23). The average Bonchev–Trinajstić information content (AvgIpc) is 2.93. The highest BCUT2D eigenvalue weighted by molar-refractivity contribution is 9.10. The first-order valence-corrected chi connectivity index (χ1v) is 8.31. The van der Waals surface area contributed by atoms with E-state index in [2.05, 4.69) is 31.4 Å². The van der Waals surface area contributed by atoms with Gasteiger partial charge in [-0.15, -0.1) is 0 Å². The molecule has 0 aliphatic carbocycles. The van der Waals surface area contributed by atoms with Crippen LogP contribution in [-0.2, 0) is 6.18 Å². The van der Waals surface area contributed by atoms with Crippen molar-refractivity contribution in [3.05, 3.63) is 45.7 Å². The van der Waals surface area contributed by atoms with Crippen LogP contribution < -0.4 is 10.1 Å². The molecule has 1 aromatic carbocycles. The van der Waals surface area contributed by atoms with Crippen molar-refractivity contribution in [2.75, 3.05) is 13.2 Å². The molecule has 5 nitrogen and oxygen atoms in total. The number of aromatic nitrogens is 2. The summed E-state index contributed by atoms with van der Waals surface area (Å²) in [5.41, 5.74) is 0.254. The summed E-state index contributed by atoms with van der Waals surface area (Å²) in [6, 6.07) is 4.58. The summed E-state index contributed by atoms with van der Waals surface area (Å²) >= 11 is 3.33. The van der Waals surface area contributed by atoms with Gasteiger partial charge in [0.05, 0.1) is 22.3 Å². The lowest BCUT2D eigenvalue weighted by atomic mass is 10.1. The average molecular weight is 420 g/mol. The van der Waals surface area contributed by atoms with Crippen LogP contribution in [0, 0.1) is 0 Å². The highest BCUT2D eigenvalue weighted by Crippen LogP contribution is 2.31. The van der Waals surface area contributed by atoms with Crippen molar-refractivity contribution < 1.29 is 22.7 Å². The number of ether oxygens (including phenoxy) is 1. The first-order valence-electron chi connectivity index (χ1n) is 7.52. The molecule has 1 aromatic heterocycles. The van der Waals surface area contributed by atoms with Crippen LogP contribution in [0.5, 0.6) is 5.75 Å². The number of hydrogen-bond acceptors (Lipinski definition) is 3. The lowest BCUT2D eigenvalue weighted by Gasteiger charge is -2.10. The Bertz CT molecular complexity index is 744. The van der Waals surface area contributed by atoms with Crippen LogP contribution >= 0.6 is 15.9 Å². The van der Waals surface area contributed by atoms with Gasteiger partial charge in [-0.25, -0.2) is 0 Å². The summed E-state index contributed by atoms with van der Waals surface area (Å²) in [4.78, 5) is 12.1. The summed E-state index contributed by atoms with van der Waals surface area (Å²) in [5, 5.41) is 9.37. The molecule has 0 aliphatic rings. The predicted molar refractivity (Wildman–Crippen MR) is 89.6 cm³/mol. The summed E-state index contributed by atoms with van der Waals surface area (Å²) in [7, 11) is 0. The Labute approximate surface area is 151 Å². The number of nitrogens with one attached hydrogen (secondary N) is 2. The van der Waals surface area contributed by atoms with Crippen LogP contribution in [0.1, 0.15) is 41.5 Å². The molecule has 0 aliphatic heterocycles. The Morgan fingerprint density at radius 2 is 2.12 bits per heavy atom. The van der Waals surface area contributed by atoms with E-state index in [1.165, 1.54) is 12.1 Å². The fraction of sp³-hybridized carbons (Fsp3) is 0.375. The number of rotatable bonds is 6. The molecule has 2 rings (SSSR count). The fourth-order valence-electron chi connectivity index (χ4n) is 2.05.